The normalized spacial score (nSPS) is 30.3. The van der Waals surface area contributed by atoms with Crippen LogP contribution in [0.3, 0.4) is 0 Å². The Bertz CT molecular complexity index is 664. The summed E-state index contributed by atoms with van der Waals surface area (Å²) in [5.41, 5.74) is 6.69. The number of hydrogen-bond donors (Lipinski definition) is 2. The van der Waals surface area contributed by atoms with E-state index in [0.29, 0.717) is 11.3 Å². The molecule has 3 rings (SSSR count). The Hall–Kier alpha value is -1.95. The van der Waals surface area contributed by atoms with Gasteiger partial charge in [-0.3, -0.25) is 0 Å². The van der Waals surface area contributed by atoms with Crippen molar-refractivity contribution in [1.29, 1.82) is 0 Å². The molecular formula is C13H17N5O. The molecule has 2 aromatic heterocycles. The Morgan fingerprint density at radius 2 is 2.11 bits per heavy atom. The van der Waals surface area contributed by atoms with Gasteiger partial charge in [-0.05, 0) is 13.3 Å². The summed E-state index contributed by atoms with van der Waals surface area (Å²) in [7, 11) is 0. The van der Waals surface area contributed by atoms with Crippen LogP contribution < -0.4 is 5.73 Å². The van der Waals surface area contributed by atoms with Gasteiger partial charge in [-0.15, -0.1) is 0 Å². The number of nitrogen functional groups attached to an aromatic ring is 1. The Kier molecular flexibility index (Phi) is 2.40. The molecule has 2 atom stereocenters. The molecule has 1 aliphatic carbocycles. The lowest BCUT2D eigenvalue weighted by atomic mass is 9.86. The molecular weight excluding hydrogens is 242 g/mol. The molecule has 0 aliphatic heterocycles. The molecule has 0 spiro atoms. The monoisotopic (exact) mass is 259 g/mol. The molecule has 3 N–H and O–H groups in total. The fourth-order valence-electron chi connectivity index (χ4n) is 2.82. The lowest BCUT2D eigenvalue weighted by Crippen LogP contribution is -2.30. The van der Waals surface area contributed by atoms with E-state index < -0.39 is 0 Å². The lowest BCUT2D eigenvalue weighted by molar-refractivity contribution is 0.157. The summed E-state index contributed by atoms with van der Waals surface area (Å²) in [6.07, 6.45) is 8.14. The predicted octanol–water partition coefficient (Wildman–Crippen LogP) is 1.08. The Morgan fingerprint density at radius 1 is 1.32 bits per heavy atom. The van der Waals surface area contributed by atoms with Crippen LogP contribution >= 0.6 is 0 Å². The van der Waals surface area contributed by atoms with E-state index in [1.807, 2.05) is 11.5 Å². The summed E-state index contributed by atoms with van der Waals surface area (Å²) in [5, 5.41) is 9.49. The average molecular weight is 259 g/mol. The fourth-order valence-corrected chi connectivity index (χ4v) is 2.82. The molecule has 0 radical (unpaired) electrons. The first kappa shape index (κ1) is 12.1. The van der Waals surface area contributed by atoms with E-state index in [9.17, 15) is 5.11 Å². The van der Waals surface area contributed by atoms with Crippen molar-refractivity contribution in [2.45, 2.75) is 25.8 Å². The summed E-state index contributed by atoms with van der Waals surface area (Å²) in [6.45, 7) is 4.27. The molecule has 0 fully saturated rings. The number of anilines is 1. The highest BCUT2D eigenvalue weighted by molar-refractivity contribution is 5.81. The lowest BCUT2D eigenvalue weighted by Gasteiger charge is -2.29. The maximum atomic E-state index is 9.49. The van der Waals surface area contributed by atoms with Gasteiger partial charge in [0.1, 0.15) is 11.8 Å². The molecule has 0 saturated carbocycles. The number of fused-ring (bicyclic) bond motifs is 1. The van der Waals surface area contributed by atoms with Gasteiger partial charge in [0.05, 0.1) is 18.5 Å². The fraction of sp³-hybridized carbons (Fsp3) is 0.462. The van der Waals surface area contributed by atoms with Crippen LogP contribution in [0.4, 0.5) is 5.82 Å². The van der Waals surface area contributed by atoms with Gasteiger partial charge >= 0.3 is 0 Å². The number of allylic oxidation sites excluding steroid dienone is 1. The third kappa shape index (κ3) is 1.71. The highest BCUT2D eigenvalue weighted by Crippen LogP contribution is 2.42. The van der Waals surface area contributed by atoms with E-state index in [1.54, 1.807) is 6.33 Å². The molecule has 0 amide bonds. The minimum absolute atomic E-state index is 0.128. The van der Waals surface area contributed by atoms with Crippen molar-refractivity contribution in [2.75, 3.05) is 12.3 Å². The molecule has 0 unspecified atom stereocenters. The van der Waals surface area contributed by atoms with Gasteiger partial charge in [0.2, 0.25) is 0 Å². The Morgan fingerprint density at radius 3 is 2.79 bits per heavy atom. The average Bonchev–Trinajstić information content (AvgIpc) is 2.94. The predicted molar refractivity (Wildman–Crippen MR) is 72.3 cm³/mol. The van der Waals surface area contributed by atoms with Gasteiger partial charge in [-0.2, -0.15) is 0 Å². The second kappa shape index (κ2) is 3.77. The summed E-state index contributed by atoms with van der Waals surface area (Å²) in [6, 6.07) is 0. The van der Waals surface area contributed by atoms with Gasteiger partial charge in [0.25, 0.3) is 0 Å². The Balaban J connectivity index is 2.11. The smallest absolute Gasteiger partial charge is 0.166 e. The second-order valence-electron chi connectivity index (χ2n) is 5.73. The van der Waals surface area contributed by atoms with Crippen LogP contribution in [0, 0.1) is 5.41 Å². The molecule has 0 aromatic carbocycles. The van der Waals surface area contributed by atoms with Crippen LogP contribution in [-0.4, -0.2) is 31.2 Å². The zero-order valence-electron chi connectivity index (χ0n) is 11.0. The van der Waals surface area contributed by atoms with E-state index in [1.165, 1.54) is 6.33 Å². The van der Waals surface area contributed by atoms with E-state index in [4.69, 9.17) is 5.73 Å². The minimum Gasteiger partial charge on any atom is -0.395 e. The zero-order chi connectivity index (χ0) is 13.7. The first-order valence-corrected chi connectivity index (χ1v) is 6.23. The van der Waals surface area contributed by atoms with Gasteiger partial charge < -0.3 is 15.4 Å². The number of imidazole rings is 1. The van der Waals surface area contributed by atoms with Crippen LogP contribution in [0.5, 0.6) is 0 Å². The van der Waals surface area contributed by atoms with Crippen LogP contribution in [0.25, 0.3) is 11.2 Å². The molecule has 100 valence electrons. The van der Waals surface area contributed by atoms with Crippen LogP contribution in [-0.2, 0) is 5.54 Å². The molecule has 2 aromatic rings. The summed E-state index contributed by atoms with van der Waals surface area (Å²) >= 11 is 0. The van der Waals surface area contributed by atoms with Gasteiger partial charge in [-0.1, -0.05) is 19.1 Å². The largest absolute Gasteiger partial charge is 0.395 e. The number of hydrogen-bond acceptors (Lipinski definition) is 5. The van der Waals surface area contributed by atoms with Crippen molar-refractivity contribution in [2.24, 2.45) is 5.41 Å². The Labute approximate surface area is 111 Å². The van der Waals surface area contributed by atoms with Crippen LogP contribution in [0.15, 0.2) is 24.8 Å². The first-order valence-electron chi connectivity index (χ1n) is 6.23. The summed E-state index contributed by atoms with van der Waals surface area (Å²) in [4.78, 5) is 12.5. The number of aliphatic hydroxyl groups excluding tert-OH is 1. The van der Waals surface area contributed by atoms with Crippen molar-refractivity contribution < 1.29 is 5.11 Å². The van der Waals surface area contributed by atoms with Crippen LogP contribution in [0.2, 0.25) is 0 Å². The molecule has 0 bridgehead atoms. The first-order chi connectivity index (χ1) is 8.97. The number of nitrogens with two attached hydrogens (primary N) is 1. The third-order valence-corrected chi connectivity index (χ3v) is 3.88. The quantitative estimate of drug-likeness (QED) is 0.788. The third-order valence-electron chi connectivity index (χ3n) is 3.88. The van der Waals surface area contributed by atoms with Crippen LogP contribution in [0.1, 0.15) is 20.3 Å². The minimum atomic E-state index is -0.257. The standard InChI is InChI=1S/C13H17N5O/c1-12(6-19)3-4-13(2,5-12)18-8-17-9-10(14)15-7-16-11(9)18/h3-4,7-8,19H,5-6H2,1-2H3,(H2,14,15,16)/t12-,13+/m1/s1. The summed E-state index contributed by atoms with van der Waals surface area (Å²) < 4.78 is 2.00. The zero-order valence-corrected chi connectivity index (χ0v) is 11.0. The number of rotatable bonds is 2. The van der Waals surface area contributed by atoms with Crippen molar-refractivity contribution in [3.8, 4) is 0 Å². The number of nitrogens with zero attached hydrogens (tertiary/aromatic N) is 4. The number of aliphatic hydroxyl groups is 1. The van der Waals surface area contributed by atoms with E-state index >= 15 is 0 Å². The molecule has 19 heavy (non-hydrogen) atoms. The van der Waals surface area contributed by atoms with Gasteiger partial charge in [0, 0.05) is 5.41 Å². The van der Waals surface area contributed by atoms with Crippen molar-refractivity contribution in [3.05, 3.63) is 24.8 Å². The molecule has 2 heterocycles. The van der Waals surface area contributed by atoms with E-state index in [-0.39, 0.29) is 17.6 Å². The summed E-state index contributed by atoms with van der Waals surface area (Å²) in [5.74, 6) is 0.388. The van der Waals surface area contributed by atoms with Crippen molar-refractivity contribution >= 4 is 17.0 Å². The maximum Gasteiger partial charge on any atom is 0.166 e. The van der Waals surface area contributed by atoms with Gasteiger partial charge in [0.15, 0.2) is 11.5 Å². The van der Waals surface area contributed by atoms with Crippen molar-refractivity contribution in [1.82, 2.24) is 19.5 Å². The second-order valence-corrected chi connectivity index (χ2v) is 5.73. The van der Waals surface area contributed by atoms with Crippen molar-refractivity contribution in [3.63, 3.8) is 0 Å². The highest BCUT2D eigenvalue weighted by Gasteiger charge is 2.39. The molecule has 6 nitrogen and oxygen atoms in total. The van der Waals surface area contributed by atoms with Gasteiger partial charge in [-0.25, -0.2) is 15.0 Å². The molecule has 0 saturated heterocycles. The maximum absolute atomic E-state index is 9.49. The SMILES string of the molecule is C[C@@]1(CO)C=C[C@](C)(n2cnc3c(N)ncnc32)C1. The molecule has 6 heteroatoms. The van der Waals surface area contributed by atoms with E-state index in [0.717, 1.165) is 12.1 Å². The number of aromatic nitrogens is 4. The topological polar surface area (TPSA) is 89.8 Å². The van der Waals surface area contributed by atoms with E-state index in [2.05, 4.69) is 34.0 Å². The highest BCUT2D eigenvalue weighted by atomic mass is 16.3. The molecule has 1 aliphatic rings.